The van der Waals surface area contributed by atoms with Gasteiger partial charge in [-0.25, -0.2) is 13.9 Å². The molecule has 18 heavy (non-hydrogen) atoms. The van der Waals surface area contributed by atoms with Crippen molar-refractivity contribution in [3.63, 3.8) is 0 Å². The van der Waals surface area contributed by atoms with Gasteiger partial charge in [0.1, 0.15) is 5.82 Å². The first kappa shape index (κ1) is 12.7. The van der Waals surface area contributed by atoms with Crippen LogP contribution in [0.15, 0.2) is 22.7 Å². The molecule has 5 nitrogen and oxygen atoms in total. The molecular weight excluding hydrogens is 305 g/mol. The third-order valence-corrected chi connectivity index (χ3v) is 3.06. The van der Waals surface area contributed by atoms with E-state index in [2.05, 4.69) is 26.2 Å². The highest BCUT2D eigenvalue weighted by Crippen LogP contribution is 2.21. The molecule has 0 unspecified atom stereocenters. The zero-order chi connectivity index (χ0) is 13.3. The van der Waals surface area contributed by atoms with E-state index < -0.39 is 11.8 Å². The Kier molecular flexibility index (Phi) is 3.42. The monoisotopic (exact) mass is 313 g/mol. The fourth-order valence-corrected chi connectivity index (χ4v) is 1.98. The van der Waals surface area contributed by atoms with E-state index in [0.29, 0.717) is 17.8 Å². The van der Waals surface area contributed by atoms with Gasteiger partial charge in [0.2, 0.25) is 0 Å². The van der Waals surface area contributed by atoms with Crippen molar-refractivity contribution in [2.75, 3.05) is 0 Å². The Bertz CT molecular complexity index is 612. The maximum absolute atomic E-state index is 13.1. The first-order valence-electron chi connectivity index (χ1n) is 5.18. The van der Waals surface area contributed by atoms with Gasteiger partial charge in [-0.05, 0) is 40.5 Å². The molecular formula is C11H9BrFN3O2. The molecule has 0 aliphatic heterocycles. The van der Waals surface area contributed by atoms with Crippen LogP contribution in [0.3, 0.4) is 0 Å². The van der Waals surface area contributed by atoms with Crippen LogP contribution < -0.4 is 0 Å². The van der Waals surface area contributed by atoms with Crippen molar-refractivity contribution >= 4 is 21.9 Å². The van der Waals surface area contributed by atoms with Gasteiger partial charge in [0, 0.05) is 0 Å². The first-order chi connectivity index (χ1) is 8.54. The highest BCUT2D eigenvalue weighted by Gasteiger charge is 2.18. The average molecular weight is 314 g/mol. The lowest BCUT2D eigenvalue weighted by Crippen LogP contribution is -2.06. The van der Waals surface area contributed by atoms with E-state index in [1.165, 1.54) is 22.9 Å². The third-order valence-electron chi connectivity index (χ3n) is 2.45. The Morgan fingerprint density at radius 1 is 1.56 bits per heavy atom. The number of benzene rings is 1. The molecule has 1 aromatic carbocycles. The normalized spacial score (nSPS) is 10.6. The Hall–Kier alpha value is -1.76. The Balaban J connectivity index is 2.57. The highest BCUT2D eigenvalue weighted by molar-refractivity contribution is 9.10. The molecule has 0 aliphatic rings. The molecule has 0 spiro atoms. The van der Waals surface area contributed by atoms with Crippen LogP contribution in [-0.4, -0.2) is 26.1 Å². The third kappa shape index (κ3) is 2.13. The summed E-state index contributed by atoms with van der Waals surface area (Å²) in [5, 5.41) is 16.4. The second-order valence-corrected chi connectivity index (χ2v) is 4.41. The van der Waals surface area contributed by atoms with E-state index in [0.717, 1.165) is 0 Å². The van der Waals surface area contributed by atoms with Gasteiger partial charge in [-0.2, -0.15) is 0 Å². The van der Waals surface area contributed by atoms with Crippen molar-refractivity contribution in [1.82, 2.24) is 15.0 Å². The minimum atomic E-state index is -1.13. The predicted octanol–water partition coefficient (Wildman–Crippen LogP) is 2.43. The van der Waals surface area contributed by atoms with Gasteiger partial charge in [0.25, 0.3) is 0 Å². The molecule has 0 atom stereocenters. The van der Waals surface area contributed by atoms with Crippen LogP contribution in [0.2, 0.25) is 0 Å². The molecule has 0 radical (unpaired) electrons. The van der Waals surface area contributed by atoms with E-state index in [9.17, 15) is 9.18 Å². The summed E-state index contributed by atoms with van der Waals surface area (Å²) in [6.45, 7) is 1.81. The summed E-state index contributed by atoms with van der Waals surface area (Å²) in [6.07, 6.45) is 0.462. The number of rotatable bonds is 3. The summed E-state index contributed by atoms with van der Waals surface area (Å²) in [5.41, 5.74) is 0.944. The molecule has 2 rings (SSSR count). The van der Waals surface area contributed by atoms with E-state index in [4.69, 9.17) is 5.11 Å². The van der Waals surface area contributed by atoms with Crippen LogP contribution in [0.5, 0.6) is 0 Å². The Labute approximate surface area is 110 Å². The molecule has 0 aliphatic carbocycles. The molecule has 0 bridgehead atoms. The number of aromatic nitrogens is 3. The van der Waals surface area contributed by atoms with Crippen LogP contribution in [0.1, 0.15) is 23.1 Å². The fourth-order valence-electron chi connectivity index (χ4n) is 1.61. The topological polar surface area (TPSA) is 68.0 Å². The molecule has 0 saturated heterocycles. The number of hydrogen-bond acceptors (Lipinski definition) is 3. The van der Waals surface area contributed by atoms with Crippen molar-refractivity contribution in [2.45, 2.75) is 13.3 Å². The van der Waals surface area contributed by atoms with Crippen LogP contribution in [0, 0.1) is 5.82 Å². The number of halogens is 2. The molecule has 94 valence electrons. The molecule has 0 amide bonds. The van der Waals surface area contributed by atoms with Crippen molar-refractivity contribution in [3.8, 4) is 5.69 Å². The number of hydrogen-bond donors (Lipinski definition) is 1. The van der Waals surface area contributed by atoms with Gasteiger partial charge in [0.15, 0.2) is 5.69 Å². The van der Waals surface area contributed by atoms with E-state index in [1.54, 1.807) is 6.92 Å². The molecule has 0 saturated carbocycles. The van der Waals surface area contributed by atoms with Gasteiger partial charge >= 0.3 is 5.97 Å². The van der Waals surface area contributed by atoms with Gasteiger partial charge in [0.05, 0.1) is 15.9 Å². The van der Waals surface area contributed by atoms with Crippen LogP contribution in [0.25, 0.3) is 5.69 Å². The number of carbonyl (C=O) groups is 1. The summed E-state index contributed by atoms with van der Waals surface area (Å²) in [5.74, 6) is -1.52. The second kappa shape index (κ2) is 4.85. The lowest BCUT2D eigenvalue weighted by atomic mass is 10.2. The number of carboxylic acid groups (broad SMARTS) is 1. The Morgan fingerprint density at radius 3 is 2.83 bits per heavy atom. The molecule has 2 aromatic rings. The predicted molar refractivity (Wildman–Crippen MR) is 65.4 cm³/mol. The minimum absolute atomic E-state index is 0.0852. The highest BCUT2D eigenvalue weighted by atomic mass is 79.9. The molecule has 7 heteroatoms. The lowest BCUT2D eigenvalue weighted by molar-refractivity contribution is 0.0689. The standard InChI is InChI=1S/C11H9BrFN3O2/c1-2-9-10(11(17)18)14-15-16(9)6-3-4-8(13)7(12)5-6/h3-5H,2H2,1H3,(H,17,18). The lowest BCUT2D eigenvalue weighted by Gasteiger charge is -2.05. The summed E-state index contributed by atoms with van der Waals surface area (Å²) >= 11 is 3.07. The zero-order valence-corrected chi connectivity index (χ0v) is 11.0. The van der Waals surface area contributed by atoms with E-state index in [1.807, 2.05) is 0 Å². The average Bonchev–Trinajstić information content (AvgIpc) is 2.76. The number of carboxylic acids is 1. The van der Waals surface area contributed by atoms with Crippen molar-refractivity contribution < 1.29 is 14.3 Å². The smallest absolute Gasteiger partial charge is 0.358 e. The van der Waals surface area contributed by atoms with E-state index >= 15 is 0 Å². The van der Waals surface area contributed by atoms with E-state index in [-0.39, 0.29) is 10.2 Å². The number of aromatic carboxylic acids is 1. The maximum atomic E-state index is 13.1. The van der Waals surface area contributed by atoms with Crippen molar-refractivity contribution in [2.24, 2.45) is 0 Å². The largest absolute Gasteiger partial charge is 0.476 e. The summed E-state index contributed by atoms with van der Waals surface area (Å²) < 4.78 is 14.8. The minimum Gasteiger partial charge on any atom is -0.476 e. The SMILES string of the molecule is CCc1c(C(=O)O)nnn1-c1ccc(F)c(Br)c1. The molecule has 0 fully saturated rings. The quantitative estimate of drug-likeness (QED) is 0.945. The summed E-state index contributed by atoms with van der Waals surface area (Å²) in [4.78, 5) is 11.0. The van der Waals surface area contributed by atoms with Crippen LogP contribution >= 0.6 is 15.9 Å². The van der Waals surface area contributed by atoms with Crippen LogP contribution in [-0.2, 0) is 6.42 Å². The molecule has 1 N–H and O–H groups in total. The Morgan fingerprint density at radius 2 is 2.28 bits per heavy atom. The zero-order valence-electron chi connectivity index (χ0n) is 9.39. The maximum Gasteiger partial charge on any atom is 0.358 e. The van der Waals surface area contributed by atoms with Crippen molar-refractivity contribution in [3.05, 3.63) is 39.9 Å². The first-order valence-corrected chi connectivity index (χ1v) is 5.97. The van der Waals surface area contributed by atoms with Gasteiger partial charge in [-0.3, -0.25) is 0 Å². The van der Waals surface area contributed by atoms with Gasteiger partial charge < -0.3 is 5.11 Å². The number of nitrogens with zero attached hydrogens (tertiary/aromatic N) is 3. The second-order valence-electron chi connectivity index (χ2n) is 3.55. The fraction of sp³-hybridized carbons (Fsp3) is 0.182. The van der Waals surface area contributed by atoms with Gasteiger partial charge in [-0.1, -0.05) is 12.1 Å². The molecule has 1 heterocycles. The summed E-state index contributed by atoms with van der Waals surface area (Å²) in [7, 11) is 0. The summed E-state index contributed by atoms with van der Waals surface area (Å²) in [6, 6.07) is 4.31. The van der Waals surface area contributed by atoms with Gasteiger partial charge in [-0.15, -0.1) is 5.10 Å². The van der Waals surface area contributed by atoms with Crippen molar-refractivity contribution in [1.29, 1.82) is 0 Å². The van der Waals surface area contributed by atoms with Crippen LogP contribution in [0.4, 0.5) is 4.39 Å². The molecule has 1 aromatic heterocycles.